The molecule has 1 aliphatic carbocycles. The van der Waals surface area contributed by atoms with Gasteiger partial charge in [0.2, 0.25) is 0 Å². The number of hydrogen-bond acceptors (Lipinski definition) is 2. The molecule has 17 heavy (non-hydrogen) atoms. The van der Waals surface area contributed by atoms with Crippen molar-refractivity contribution in [3.05, 3.63) is 35.1 Å². The van der Waals surface area contributed by atoms with Gasteiger partial charge in [0.25, 0.3) is 0 Å². The predicted molar refractivity (Wildman–Crippen MR) is 73.1 cm³/mol. The highest BCUT2D eigenvalue weighted by molar-refractivity contribution is 7.99. The number of hydrogen-bond donors (Lipinski definition) is 1. The third-order valence-electron chi connectivity index (χ3n) is 3.27. The predicted octanol–water partition coefficient (Wildman–Crippen LogP) is 3.54. The van der Waals surface area contributed by atoms with E-state index in [1.165, 1.54) is 5.56 Å². The van der Waals surface area contributed by atoms with Crippen LogP contribution in [0.15, 0.2) is 18.2 Å². The first-order valence-corrected chi connectivity index (χ1v) is 7.49. The van der Waals surface area contributed by atoms with Crippen LogP contribution in [0.3, 0.4) is 0 Å². The average molecular weight is 253 g/mol. The van der Waals surface area contributed by atoms with E-state index in [0.717, 1.165) is 29.9 Å². The number of thioether (sulfide) groups is 1. The first-order chi connectivity index (χ1) is 8.22. The van der Waals surface area contributed by atoms with Crippen LogP contribution >= 0.6 is 11.8 Å². The molecule has 0 saturated carbocycles. The topological polar surface area (TPSA) is 12.0 Å². The first kappa shape index (κ1) is 12.9. The Labute approximate surface area is 107 Å². The normalized spacial score (nSPS) is 20.3. The van der Waals surface area contributed by atoms with Crippen molar-refractivity contribution in [2.45, 2.75) is 38.8 Å². The van der Waals surface area contributed by atoms with Crippen molar-refractivity contribution in [3.63, 3.8) is 0 Å². The minimum absolute atomic E-state index is 0.0395. The molecular weight excluding hydrogens is 233 g/mol. The van der Waals surface area contributed by atoms with Crippen molar-refractivity contribution >= 4 is 11.8 Å². The van der Waals surface area contributed by atoms with E-state index in [4.69, 9.17) is 0 Å². The SMILES string of the molecule is CCSCC(C)NC1CCc2c(F)cccc21. The lowest BCUT2D eigenvalue weighted by molar-refractivity contribution is 0.479. The zero-order chi connectivity index (χ0) is 12.3. The quantitative estimate of drug-likeness (QED) is 0.861. The van der Waals surface area contributed by atoms with Crippen LogP contribution in [-0.2, 0) is 6.42 Å². The highest BCUT2D eigenvalue weighted by atomic mass is 32.2. The number of rotatable bonds is 5. The van der Waals surface area contributed by atoms with Gasteiger partial charge in [0.15, 0.2) is 0 Å². The molecular formula is C14H20FNS. The summed E-state index contributed by atoms with van der Waals surface area (Å²) in [6.07, 6.45) is 1.89. The van der Waals surface area contributed by atoms with Crippen LogP contribution in [0.4, 0.5) is 4.39 Å². The van der Waals surface area contributed by atoms with Crippen LogP contribution in [0.2, 0.25) is 0 Å². The van der Waals surface area contributed by atoms with Crippen molar-refractivity contribution in [2.24, 2.45) is 0 Å². The van der Waals surface area contributed by atoms with Gasteiger partial charge in [0.1, 0.15) is 5.82 Å². The second kappa shape index (κ2) is 5.87. The van der Waals surface area contributed by atoms with E-state index in [2.05, 4.69) is 25.2 Å². The molecule has 0 aromatic heterocycles. The Bertz CT molecular complexity index is 380. The van der Waals surface area contributed by atoms with Crippen LogP contribution in [0.25, 0.3) is 0 Å². The highest BCUT2D eigenvalue weighted by Crippen LogP contribution is 2.33. The van der Waals surface area contributed by atoms with E-state index in [0.29, 0.717) is 12.1 Å². The Balaban J connectivity index is 2.00. The Morgan fingerprint density at radius 1 is 1.53 bits per heavy atom. The summed E-state index contributed by atoms with van der Waals surface area (Å²) in [5.74, 6) is 2.24. The Morgan fingerprint density at radius 3 is 3.12 bits per heavy atom. The molecule has 0 aliphatic heterocycles. The molecule has 0 radical (unpaired) electrons. The van der Waals surface area contributed by atoms with Gasteiger partial charge in [-0.15, -0.1) is 0 Å². The largest absolute Gasteiger partial charge is 0.307 e. The van der Waals surface area contributed by atoms with E-state index >= 15 is 0 Å². The lowest BCUT2D eigenvalue weighted by atomic mass is 10.1. The molecule has 2 rings (SSSR count). The summed E-state index contributed by atoms with van der Waals surface area (Å²) in [7, 11) is 0. The summed E-state index contributed by atoms with van der Waals surface area (Å²) < 4.78 is 13.6. The molecule has 0 fully saturated rings. The summed E-state index contributed by atoms with van der Waals surface area (Å²) in [4.78, 5) is 0. The van der Waals surface area contributed by atoms with E-state index in [1.807, 2.05) is 17.8 Å². The fraction of sp³-hybridized carbons (Fsp3) is 0.571. The van der Waals surface area contributed by atoms with Crippen LogP contribution < -0.4 is 5.32 Å². The summed E-state index contributed by atoms with van der Waals surface area (Å²) in [6.45, 7) is 4.39. The number of benzene rings is 1. The smallest absolute Gasteiger partial charge is 0.126 e. The van der Waals surface area contributed by atoms with E-state index in [9.17, 15) is 4.39 Å². The highest BCUT2D eigenvalue weighted by Gasteiger charge is 2.25. The van der Waals surface area contributed by atoms with Crippen molar-refractivity contribution < 1.29 is 4.39 Å². The molecule has 1 aromatic carbocycles. The van der Waals surface area contributed by atoms with Gasteiger partial charge < -0.3 is 5.32 Å². The fourth-order valence-corrected chi connectivity index (χ4v) is 3.15. The zero-order valence-corrected chi connectivity index (χ0v) is 11.3. The summed E-state index contributed by atoms with van der Waals surface area (Å²) in [5.41, 5.74) is 2.08. The molecule has 1 aromatic rings. The monoisotopic (exact) mass is 253 g/mol. The standard InChI is InChI=1S/C14H20FNS/c1-3-17-9-10(2)16-14-8-7-11-12(14)5-4-6-13(11)15/h4-6,10,14,16H,3,7-9H2,1-2H3. The molecule has 1 nitrogen and oxygen atoms in total. The van der Waals surface area contributed by atoms with Gasteiger partial charge in [-0.05, 0) is 42.7 Å². The lowest BCUT2D eigenvalue weighted by Crippen LogP contribution is -2.31. The number of halogens is 1. The Hall–Kier alpha value is -0.540. The van der Waals surface area contributed by atoms with Gasteiger partial charge in [0, 0.05) is 17.8 Å². The van der Waals surface area contributed by atoms with Crippen LogP contribution in [0, 0.1) is 5.82 Å². The van der Waals surface area contributed by atoms with Crippen molar-refractivity contribution in [1.82, 2.24) is 5.32 Å². The number of fused-ring (bicyclic) bond motifs is 1. The molecule has 1 aliphatic rings. The maximum Gasteiger partial charge on any atom is 0.126 e. The average Bonchev–Trinajstić information content (AvgIpc) is 2.71. The van der Waals surface area contributed by atoms with Crippen molar-refractivity contribution in [1.29, 1.82) is 0 Å². The third kappa shape index (κ3) is 3.02. The van der Waals surface area contributed by atoms with Crippen molar-refractivity contribution in [3.8, 4) is 0 Å². The summed E-state index contributed by atoms with van der Waals surface area (Å²) in [6, 6.07) is 6.27. The second-order valence-electron chi connectivity index (χ2n) is 4.63. The Kier molecular flexibility index (Phi) is 4.46. The molecule has 2 unspecified atom stereocenters. The Morgan fingerprint density at radius 2 is 2.35 bits per heavy atom. The van der Waals surface area contributed by atoms with E-state index in [1.54, 1.807) is 6.07 Å². The van der Waals surface area contributed by atoms with E-state index in [-0.39, 0.29) is 5.82 Å². The minimum atomic E-state index is -0.0395. The molecule has 2 atom stereocenters. The molecule has 3 heteroatoms. The molecule has 94 valence electrons. The molecule has 0 saturated heterocycles. The summed E-state index contributed by atoms with van der Waals surface area (Å²) >= 11 is 1.95. The van der Waals surface area contributed by atoms with Crippen LogP contribution in [0.1, 0.15) is 37.4 Å². The molecule has 0 amide bonds. The van der Waals surface area contributed by atoms with E-state index < -0.39 is 0 Å². The zero-order valence-electron chi connectivity index (χ0n) is 10.5. The lowest BCUT2D eigenvalue weighted by Gasteiger charge is -2.20. The molecule has 1 N–H and O–H groups in total. The molecule has 0 spiro atoms. The van der Waals surface area contributed by atoms with Crippen LogP contribution in [-0.4, -0.2) is 17.5 Å². The maximum absolute atomic E-state index is 13.6. The van der Waals surface area contributed by atoms with Gasteiger partial charge in [0.05, 0.1) is 0 Å². The second-order valence-corrected chi connectivity index (χ2v) is 5.94. The first-order valence-electron chi connectivity index (χ1n) is 6.33. The van der Waals surface area contributed by atoms with Gasteiger partial charge in [-0.3, -0.25) is 0 Å². The molecule has 0 bridgehead atoms. The number of nitrogens with one attached hydrogen (secondary N) is 1. The molecule has 0 heterocycles. The van der Waals surface area contributed by atoms with Gasteiger partial charge >= 0.3 is 0 Å². The van der Waals surface area contributed by atoms with Crippen LogP contribution in [0.5, 0.6) is 0 Å². The van der Waals surface area contributed by atoms with Gasteiger partial charge in [-0.1, -0.05) is 19.1 Å². The maximum atomic E-state index is 13.6. The minimum Gasteiger partial charge on any atom is -0.307 e. The van der Waals surface area contributed by atoms with Gasteiger partial charge in [-0.2, -0.15) is 11.8 Å². The fourth-order valence-electron chi connectivity index (χ4n) is 2.47. The van der Waals surface area contributed by atoms with Gasteiger partial charge in [-0.25, -0.2) is 4.39 Å². The summed E-state index contributed by atoms with van der Waals surface area (Å²) in [5, 5.41) is 3.61. The van der Waals surface area contributed by atoms with Crippen molar-refractivity contribution in [2.75, 3.05) is 11.5 Å². The third-order valence-corrected chi connectivity index (χ3v) is 4.42.